The van der Waals surface area contributed by atoms with Gasteiger partial charge < -0.3 is 5.11 Å². The van der Waals surface area contributed by atoms with Gasteiger partial charge in [-0.05, 0) is 26.0 Å². The van der Waals surface area contributed by atoms with Crippen LogP contribution >= 0.6 is 11.6 Å². The summed E-state index contributed by atoms with van der Waals surface area (Å²) in [5.41, 5.74) is -8.86. The lowest BCUT2D eigenvalue weighted by Gasteiger charge is -2.31. The topological polar surface area (TPSA) is 72.9 Å². The van der Waals surface area contributed by atoms with Crippen LogP contribution in [0.15, 0.2) is 29.3 Å². The predicted molar refractivity (Wildman–Crippen MR) is 98.7 cm³/mol. The Morgan fingerprint density at radius 2 is 1.71 bits per heavy atom. The maximum absolute atomic E-state index is 14.2. The summed E-state index contributed by atoms with van der Waals surface area (Å²) in [5.74, 6) is 0. The standard InChI is InChI=1S/C18H15ClF6N4O2/c1-8(2)29-7-26-12-13(15(29)30)27-28(3)14(12)16(31,18(23,24)25)9-4-5-10(11(19)6-9)17(20,21)22/h4-8,31H,1-3H3/t16-/m0/s1. The van der Waals surface area contributed by atoms with E-state index in [-0.39, 0.29) is 6.04 Å². The van der Waals surface area contributed by atoms with E-state index >= 15 is 0 Å². The van der Waals surface area contributed by atoms with E-state index < -0.39 is 56.4 Å². The second-order valence-electron chi connectivity index (χ2n) is 7.12. The molecule has 0 unspecified atom stereocenters. The van der Waals surface area contributed by atoms with E-state index in [1.54, 1.807) is 13.8 Å². The van der Waals surface area contributed by atoms with Crippen molar-refractivity contribution < 1.29 is 31.4 Å². The number of halogens is 7. The van der Waals surface area contributed by atoms with Gasteiger partial charge in [-0.25, -0.2) is 4.98 Å². The summed E-state index contributed by atoms with van der Waals surface area (Å²) in [7, 11) is 1.05. The Bertz CT molecular complexity index is 1210. The Morgan fingerprint density at radius 1 is 1.10 bits per heavy atom. The van der Waals surface area contributed by atoms with Crippen LogP contribution in [0.1, 0.15) is 36.7 Å². The molecule has 0 bridgehead atoms. The fourth-order valence-electron chi connectivity index (χ4n) is 3.25. The first-order valence-electron chi connectivity index (χ1n) is 8.71. The average Bonchev–Trinajstić information content (AvgIpc) is 2.96. The molecule has 0 spiro atoms. The summed E-state index contributed by atoms with van der Waals surface area (Å²) < 4.78 is 83.2. The van der Waals surface area contributed by atoms with Gasteiger partial charge in [-0.3, -0.25) is 14.0 Å². The average molecular weight is 469 g/mol. The predicted octanol–water partition coefficient (Wildman–Crippen LogP) is 4.18. The van der Waals surface area contributed by atoms with E-state index in [1.165, 1.54) is 0 Å². The molecule has 0 amide bonds. The highest BCUT2D eigenvalue weighted by Gasteiger charge is 2.59. The van der Waals surface area contributed by atoms with E-state index in [0.717, 1.165) is 17.9 Å². The van der Waals surface area contributed by atoms with Gasteiger partial charge in [-0.1, -0.05) is 17.7 Å². The van der Waals surface area contributed by atoms with E-state index in [9.17, 15) is 36.2 Å². The third-order valence-corrected chi connectivity index (χ3v) is 5.08. The molecule has 0 aliphatic rings. The number of benzene rings is 1. The number of rotatable bonds is 3. The largest absolute Gasteiger partial charge is 0.427 e. The molecule has 0 saturated heterocycles. The number of hydrogen-bond acceptors (Lipinski definition) is 4. The van der Waals surface area contributed by atoms with Crippen molar-refractivity contribution >= 4 is 22.6 Å². The fourth-order valence-corrected chi connectivity index (χ4v) is 3.54. The Balaban J connectivity index is 2.37. The Labute approximate surface area is 175 Å². The van der Waals surface area contributed by atoms with Gasteiger partial charge in [0.1, 0.15) is 11.2 Å². The molecule has 2 heterocycles. The molecule has 0 aliphatic heterocycles. The Morgan fingerprint density at radius 3 is 2.19 bits per heavy atom. The fraction of sp³-hybridized carbons (Fsp3) is 0.389. The van der Waals surface area contributed by atoms with Crippen molar-refractivity contribution in [2.75, 3.05) is 0 Å². The second-order valence-corrected chi connectivity index (χ2v) is 7.53. The van der Waals surface area contributed by atoms with Crippen molar-refractivity contribution in [1.82, 2.24) is 19.3 Å². The molecule has 1 N–H and O–H groups in total. The van der Waals surface area contributed by atoms with E-state index in [2.05, 4.69) is 10.1 Å². The summed E-state index contributed by atoms with van der Waals surface area (Å²) in [6.45, 7) is 3.30. The molecule has 2 aromatic heterocycles. The normalized spacial score (nSPS) is 15.0. The maximum Gasteiger partial charge on any atom is 0.427 e. The first-order chi connectivity index (χ1) is 14.1. The number of nitrogens with zero attached hydrogens (tertiary/aromatic N) is 4. The minimum Gasteiger partial charge on any atom is -0.371 e. The van der Waals surface area contributed by atoms with Gasteiger partial charge in [0.15, 0.2) is 5.52 Å². The van der Waals surface area contributed by atoms with Crippen LogP contribution in [0.3, 0.4) is 0 Å². The molecule has 0 aliphatic carbocycles. The third-order valence-electron chi connectivity index (χ3n) is 4.77. The molecule has 31 heavy (non-hydrogen) atoms. The zero-order valence-electron chi connectivity index (χ0n) is 16.2. The monoisotopic (exact) mass is 468 g/mol. The number of alkyl halides is 6. The SMILES string of the molecule is CC(C)n1cnc2c([C@@](O)(c3ccc(C(F)(F)F)c(Cl)c3)C(F)(F)F)n(C)nc2c1=O. The number of aromatic nitrogens is 4. The molecular weight excluding hydrogens is 454 g/mol. The van der Waals surface area contributed by atoms with Crippen molar-refractivity contribution in [3.05, 3.63) is 56.7 Å². The highest BCUT2D eigenvalue weighted by molar-refractivity contribution is 6.31. The van der Waals surface area contributed by atoms with E-state index in [4.69, 9.17) is 11.6 Å². The van der Waals surface area contributed by atoms with Gasteiger partial charge in [0.05, 0.1) is 16.9 Å². The molecule has 168 valence electrons. The zero-order chi connectivity index (χ0) is 23.5. The van der Waals surface area contributed by atoms with Crippen LogP contribution in [0, 0.1) is 0 Å². The van der Waals surface area contributed by atoms with Crippen molar-refractivity contribution in [3.8, 4) is 0 Å². The summed E-state index contributed by atoms with van der Waals surface area (Å²) in [5, 5.41) is 13.6. The smallest absolute Gasteiger partial charge is 0.371 e. The highest BCUT2D eigenvalue weighted by atomic mass is 35.5. The summed E-state index contributed by atoms with van der Waals surface area (Å²) >= 11 is 5.58. The molecular formula is C18H15ClF6N4O2. The van der Waals surface area contributed by atoms with Crippen LogP contribution in [0.4, 0.5) is 26.3 Å². The Kier molecular flexibility index (Phi) is 5.38. The molecule has 3 rings (SSSR count). The van der Waals surface area contributed by atoms with Gasteiger partial charge in [-0.2, -0.15) is 31.4 Å². The summed E-state index contributed by atoms with van der Waals surface area (Å²) in [4.78, 5) is 16.5. The maximum atomic E-state index is 14.2. The van der Waals surface area contributed by atoms with Gasteiger partial charge in [0.2, 0.25) is 5.60 Å². The number of aryl methyl sites for hydroxylation is 1. The molecule has 1 aromatic carbocycles. The molecule has 1 atom stereocenters. The molecule has 0 saturated carbocycles. The zero-order valence-corrected chi connectivity index (χ0v) is 16.9. The first kappa shape index (κ1) is 23.1. The lowest BCUT2D eigenvalue weighted by Crippen LogP contribution is -2.45. The number of fused-ring (bicyclic) bond motifs is 1. The van der Waals surface area contributed by atoms with Crippen LogP contribution in [0.2, 0.25) is 5.02 Å². The van der Waals surface area contributed by atoms with Crippen LogP contribution in [0.25, 0.3) is 11.0 Å². The number of hydrogen-bond donors (Lipinski definition) is 1. The minimum atomic E-state index is -5.43. The molecule has 6 nitrogen and oxygen atoms in total. The van der Waals surface area contributed by atoms with Crippen molar-refractivity contribution in [1.29, 1.82) is 0 Å². The Hall–Kier alpha value is -2.60. The second kappa shape index (κ2) is 7.23. The van der Waals surface area contributed by atoms with E-state index in [0.29, 0.717) is 22.9 Å². The number of aliphatic hydroxyl groups is 1. The minimum absolute atomic E-state index is 0.339. The van der Waals surface area contributed by atoms with Crippen molar-refractivity contribution in [2.45, 2.75) is 37.8 Å². The van der Waals surface area contributed by atoms with Crippen LogP contribution in [-0.4, -0.2) is 30.6 Å². The van der Waals surface area contributed by atoms with Gasteiger partial charge in [0, 0.05) is 18.7 Å². The molecule has 0 radical (unpaired) electrons. The van der Waals surface area contributed by atoms with Crippen LogP contribution in [-0.2, 0) is 18.8 Å². The summed E-state index contributed by atoms with van der Waals surface area (Å²) in [6.07, 6.45) is -9.32. The third kappa shape index (κ3) is 3.57. The van der Waals surface area contributed by atoms with Gasteiger partial charge in [0.25, 0.3) is 5.56 Å². The van der Waals surface area contributed by atoms with Gasteiger partial charge >= 0.3 is 12.4 Å². The van der Waals surface area contributed by atoms with Crippen molar-refractivity contribution in [3.63, 3.8) is 0 Å². The van der Waals surface area contributed by atoms with Gasteiger partial charge in [-0.15, -0.1) is 0 Å². The van der Waals surface area contributed by atoms with E-state index in [1.807, 2.05) is 0 Å². The molecule has 13 heteroatoms. The van der Waals surface area contributed by atoms with Crippen LogP contribution < -0.4 is 5.56 Å². The lowest BCUT2D eigenvalue weighted by atomic mass is 9.88. The van der Waals surface area contributed by atoms with Crippen LogP contribution in [0.5, 0.6) is 0 Å². The highest BCUT2D eigenvalue weighted by Crippen LogP contribution is 2.47. The molecule has 3 aromatic rings. The lowest BCUT2D eigenvalue weighted by molar-refractivity contribution is -0.250. The van der Waals surface area contributed by atoms with Crippen molar-refractivity contribution in [2.24, 2.45) is 7.05 Å². The molecule has 0 fully saturated rings. The first-order valence-corrected chi connectivity index (χ1v) is 9.09. The quantitative estimate of drug-likeness (QED) is 0.585. The summed E-state index contributed by atoms with van der Waals surface area (Å²) in [6, 6.07) is 0.819.